The topological polar surface area (TPSA) is 66.4 Å². The molecular weight excluding hydrogens is 266 g/mol. The lowest BCUT2D eigenvalue weighted by atomic mass is 10.0. The summed E-state index contributed by atoms with van der Waals surface area (Å²) in [5.41, 5.74) is 0. The van der Waals surface area contributed by atoms with Crippen LogP contribution in [-0.4, -0.2) is 23.5 Å². The van der Waals surface area contributed by atoms with Crippen LogP contribution in [0.4, 0.5) is 0 Å². The first-order chi connectivity index (χ1) is 10.2. The molecule has 0 heterocycles. The van der Waals surface area contributed by atoms with Crippen molar-refractivity contribution in [2.24, 2.45) is 0 Å². The highest BCUT2D eigenvalue weighted by Crippen LogP contribution is 2.12. The second kappa shape index (κ2) is 15.5. The van der Waals surface area contributed by atoms with Gasteiger partial charge in [0.05, 0.1) is 0 Å². The molecule has 0 atom stereocenters. The quantitative estimate of drug-likeness (QED) is 0.480. The van der Waals surface area contributed by atoms with Gasteiger partial charge in [-0.05, 0) is 6.42 Å². The Bertz CT molecular complexity index is 267. The number of carbonyl (C=O) groups is 2. The van der Waals surface area contributed by atoms with E-state index < -0.39 is 12.5 Å². The molecule has 21 heavy (non-hydrogen) atoms. The molecule has 0 aromatic carbocycles. The molecule has 0 radical (unpaired) electrons. The molecule has 124 valence electrons. The lowest BCUT2D eigenvalue weighted by Gasteiger charge is -2.03. The molecule has 0 aliphatic heterocycles. The SMILES string of the molecule is CCCCCCCCCCCCCCC(=O)NC(=O)CO. The van der Waals surface area contributed by atoms with Crippen molar-refractivity contribution in [2.45, 2.75) is 90.4 Å². The molecule has 0 saturated heterocycles. The second-order valence-corrected chi connectivity index (χ2v) is 5.77. The van der Waals surface area contributed by atoms with E-state index in [9.17, 15) is 9.59 Å². The van der Waals surface area contributed by atoms with E-state index in [0.717, 1.165) is 19.3 Å². The summed E-state index contributed by atoms with van der Waals surface area (Å²) in [7, 11) is 0. The van der Waals surface area contributed by atoms with Crippen LogP contribution in [0.2, 0.25) is 0 Å². The minimum Gasteiger partial charge on any atom is -0.387 e. The minimum absolute atomic E-state index is 0.277. The van der Waals surface area contributed by atoms with Crippen LogP contribution in [0.25, 0.3) is 0 Å². The Morgan fingerprint density at radius 2 is 1.14 bits per heavy atom. The Kier molecular flexibility index (Phi) is 14.8. The first-order valence-electron chi connectivity index (χ1n) is 8.64. The zero-order valence-electron chi connectivity index (χ0n) is 13.7. The lowest BCUT2D eigenvalue weighted by molar-refractivity contribution is -0.132. The summed E-state index contributed by atoms with van der Waals surface area (Å²) < 4.78 is 0. The highest BCUT2D eigenvalue weighted by molar-refractivity contribution is 5.95. The predicted octanol–water partition coefficient (Wildman–Crippen LogP) is 3.71. The van der Waals surface area contributed by atoms with Gasteiger partial charge < -0.3 is 5.11 Å². The van der Waals surface area contributed by atoms with Crippen LogP contribution < -0.4 is 5.32 Å². The fourth-order valence-corrected chi connectivity index (χ4v) is 2.38. The number of hydrogen-bond donors (Lipinski definition) is 2. The normalized spacial score (nSPS) is 10.6. The fourth-order valence-electron chi connectivity index (χ4n) is 2.38. The number of hydrogen-bond acceptors (Lipinski definition) is 3. The van der Waals surface area contributed by atoms with Gasteiger partial charge in [-0.3, -0.25) is 14.9 Å². The maximum Gasteiger partial charge on any atom is 0.252 e. The Morgan fingerprint density at radius 1 is 0.714 bits per heavy atom. The number of imide groups is 1. The summed E-state index contributed by atoms with van der Waals surface area (Å²) in [6.45, 7) is 1.62. The van der Waals surface area contributed by atoms with Crippen LogP contribution in [0.15, 0.2) is 0 Å². The lowest BCUT2D eigenvalue weighted by Crippen LogP contribution is -2.32. The van der Waals surface area contributed by atoms with E-state index in [1.807, 2.05) is 0 Å². The summed E-state index contributed by atoms with van der Waals surface area (Å²) in [4.78, 5) is 22.0. The molecular formula is C17H33NO3. The Hall–Kier alpha value is -0.900. The van der Waals surface area contributed by atoms with Crippen molar-refractivity contribution in [3.05, 3.63) is 0 Å². The number of rotatable bonds is 14. The van der Waals surface area contributed by atoms with Gasteiger partial charge in [-0.15, -0.1) is 0 Å². The van der Waals surface area contributed by atoms with Gasteiger partial charge in [-0.1, -0.05) is 77.6 Å². The highest BCUT2D eigenvalue weighted by Gasteiger charge is 2.05. The Balaban J connectivity index is 3.15. The van der Waals surface area contributed by atoms with Gasteiger partial charge in [-0.25, -0.2) is 0 Å². The molecule has 0 saturated carbocycles. The van der Waals surface area contributed by atoms with Crippen molar-refractivity contribution < 1.29 is 14.7 Å². The third kappa shape index (κ3) is 15.3. The van der Waals surface area contributed by atoms with Crippen molar-refractivity contribution in [1.82, 2.24) is 5.32 Å². The van der Waals surface area contributed by atoms with Crippen molar-refractivity contribution in [1.29, 1.82) is 0 Å². The maximum atomic E-state index is 11.3. The van der Waals surface area contributed by atoms with Crippen LogP contribution >= 0.6 is 0 Å². The molecule has 0 unspecified atom stereocenters. The summed E-state index contributed by atoms with van der Waals surface area (Å²) in [5, 5.41) is 10.6. The first kappa shape index (κ1) is 20.1. The average molecular weight is 299 g/mol. The van der Waals surface area contributed by atoms with E-state index in [1.165, 1.54) is 57.8 Å². The number of aliphatic hydroxyl groups excluding tert-OH is 1. The molecule has 4 heteroatoms. The zero-order valence-corrected chi connectivity index (χ0v) is 13.7. The standard InChI is InChI=1S/C17H33NO3/c1-2-3-4-5-6-7-8-9-10-11-12-13-14-16(20)18-17(21)15-19/h19H,2-15H2,1H3,(H,18,20,21). The molecule has 0 bridgehead atoms. The van der Waals surface area contributed by atoms with Gasteiger partial charge >= 0.3 is 0 Å². The average Bonchev–Trinajstić information content (AvgIpc) is 2.48. The number of nitrogens with one attached hydrogen (secondary N) is 1. The smallest absolute Gasteiger partial charge is 0.252 e. The summed E-state index contributed by atoms with van der Waals surface area (Å²) in [6, 6.07) is 0. The molecule has 0 aliphatic rings. The highest BCUT2D eigenvalue weighted by atomic mass is 16.3. The van der Waals surface area contributed by atoms with Crippen LogP contribution in [0, 0.1) is 0 Å². The van der Waals surface area contributed by atoms with E-state index in [-0.39, 0.29) is 5.91 Å². The molecule has 0 aromatic heterocycles. The van der Waals surface area contributed by atoms with Gasteiger partial charge in [0.15, 0.2) is 0 Å². The molecule has 0 rings (SSSR count). The predicted molar refractivity (Wildman–Crippen MR) is 85.9 cm³/mol. The van der Waals surface area contributed by atoms with E-state index in [1.54, 1.807) is 0 Å². The van der Waals surface area contributed by atoms with Gasteiger partial charge in [0, 0.05) is 6.42 Å². The molecule has 0 aromatic rings. The molecule has 0 aliphatic carbocycles. The largest absolute Gasteiger partial charge is 0.387 e. The van der Waals surface area contributed by atoms with Gasteiger partial charge in [0.1, 0.15) is 6.61 Å². The van der Waals surface area contributed by atoms with Crippen LogP contribution in [0.1, 0.15) is 90.4 Å². The van der Waals surface area contributed by atoms with Crippen molar-refractivity contribution in [2.75, 3.05) is 6.61 Å². The van der Waals surface area contributed by atoms with Crippen LogP contribution in [-0.2, 0) is 9.59 Å². The maximum absolute atomic E-state index is 11.3. The van der Waals surface area contributed by atoms with E-state index in [4.69, 9.17) is 5.11 Å². The van der Waals surface area contributed by atoms with Crippen molar-refractivity contribution >= 4 is 11.8 Å². The van der Waals surface area contributed by atoms with Crippen LogP contribution in [0.3, 0.4) is 0 Å². The van der Waals surface area contributed by atoms with Crippen molar-refractivity contribution in [3.8, 4) is 0 Å². The molecule has 2 amide bonds. The number of carbonyl (C=O) groups excluding carboxylic acids is 2. The Morgan fingerprint density at radius 3 is 1.57 bits per heavy atom. The molecule has 2 N–H and O–H groups in total. The molecule has 0 fully saturated rings. The number of amides is 2. The van der Waals surface area contributed by atoms with E-state index >= 15 is 0 Å². The zero-order chi connectivity index (χ0) is 15.8. The van der Waals surface area contributed by atoms with E-state index in [0.29, 0.717) is 6.42 Å². The van der Waals surface area contributed by atoms with Crippen LogP contribution in [0.5, 0.6) is 0 Å². The monoisotopic (exact) mass is 299 g/mol. The fraction of sp³-hybridized carbons (Fsp3) is 0.882. The summed E-state index contributed by atoms with van der Waals surface area (Å²) in [5.74, 6) is -0.889. The van der Waals surface area contributed by atoms with Crippen molar-refractivity contribution in [3.63, 3.8) is 0 Å². The molecule has 4 nitrogen and oxygen atoms in total. The summed E-state index contributed by atoms with van der Waals surface area (Å²) >= 11 is 0. The van der Waals surface area contributed by atoms with Gasteiger partial charge in [0.25, 0.3) is 5.91 Å². The third-order valence-electron chi connectivity index (χ3n) is 3.68. The summed E-state index contributed by atoms with van der Waals surface area (Å²) in [6.07, 6.45) is 15.5. The Labute approximate surface area is 129 Å². The van der Waals surface area contributed by atoms with Gasteiger partial charge in [-0.2, -0.15) is 0 Å². The molecule has 0 spiro atoms. The minimum atomic E-state index is -0.621. The third-order valence-corrected chi connectivity index (χ3v) is 3.68. The number of unbranched alkanes of at least 4 members (excludes halogenated alkanes) is 11. The van der Waals surface area contributed by atoms with Gasteiger partial charge in [0.2, 0.25) is 5.91 Å². The van der Waals surface area contributed by atoms with E-state index in [2.05, 4.69) is 12.2 Å². The second-order valence-electron chi connectivity index (χ2n) is 5.77. The first-order valence-corrected chi connectivity index (χ1v) is 8.64. The number of aliphatic hydroxyl groups is 1.